The van der Waals surface area contributed by atoms with E-state index in [9.17, 15) is 9.18 Å². The lowest BCUT2D eigenvalue weighted by Gasteiger charge is -2.17. The Bertz CT molecular complexity index is 960. The Balaban J connectivity index is 1.29. The van der Waals surface area contributed by atoms with Gasteiger partial charge in [-0.25, -0.2) is 9.07 Å². The molecule has 0 N–H and O–H groups in total. The number of amides is 1. The molecule has 0 radical (unpaired) electrons. The molecule has 2 atom stereocenters. The number of benzene rings is 2. The predicted octanol–water partition coefficient (Wildman–Crippen LogP) is 3.16. The number of aromatic nitrogens is 4. The van der Waals surface area contributed by atoms with Gasteiger partial charge >= 0.3 is 0 Å². The zero-order valence-corrected chi connectivity index (χ0v) is 16.8. The van der Waals surface area contributed by atoms with E-state index < -0.39 is 0 Å². The van der Waals surface area contributed by atoms with Crippen molar-refractivity contribution in [2.45, 2.75) is 25.8 Å². The number of likely N-dealkylation sites (tertiary alicyclic amines) is 1. The van der Waals surface area contributed by atoms with Gasteiger partial charge in [0.1, 0.15) is 17.9 Å². The van der Waals surface area contributed by atoms with Crippen molar-refractivity contribution in [2.24, 2.45) is 5.92 Å². The minimum Gasteiger partial charge on any atom is -0.493 e. The number of hydrogen-bond donors (Lipinski definition) is 0. The fourth-order valence-electron chi connectivity index (χ4n) is 3.70. The number of halogens is 1. The van der Waals surface area contributed by atoms with Crippen molar-refractivity contribution in [1.29, 1.82) is 0 Å². The van der Waals surface area contributed by atoms with Gasteiger partial charge in [0.25, 0.3) is 5.91 Å². The van der Waals surface area contributed by atoms with Crippen molar-refractivity contribution in [2.75, 3.05) is 19.7 Å². The van der Waals surface area contributed by atoms with Crippen LogP contribution >= 0.6 is 0 Å². The number of hydrogen-bond acceptors (Lipinski definition) is 5. The van der Waals surface area contributed by atoms with E-state index in [4.69, 9.17) is 4.74 Å². The van der Waals surface area contributed by atoms with Gasteiger partial charge < -0.3 is 9.64 Å². The maximum absolute atomic E-state index is 13.1. The first kappa shape index (κ1) is 20.0. The number of rotatable bonds is 7. The van der Waals surface area contributed by atoms with Crippen LogP contribution < -0.4 is 4.74 Å². The molecule has 1 amide bonds. The van der Waals surface area contributed by atoms with Gasteiger partial charge in [-0.15, -0.1) is 5.10 Å². The van der Waals surface area contributed by atoms with Gasteiger partial charge in [-0.05, 0) is 58.8 Å². The Morgan fingerprint density at radius 2 is 1.97 bits per heavy atom. The van der Waals surface area contributed by atoms with Crippen molar-refractivity contribution < 1.29 is 13.9 Å². The molecule has 0 aliphatic carbocycles. The Hall–Kier alpha value is -3.29. The van der Waals surface area contributed by atoms with Gasteiger partial charge in [0, 0.05) is 30.5 Å². The number of carbonyl (C=O) groups is 1. The second-order valence-corrected chi connectivity index (χ2v) is 7.76. The number of carbonyl (C=O) groups excluding carboxylic acids is 1. The molecule has 1 fully saturated rings. The maximum atomic E-state index is 13.1. The summed E-state index contributed by atoms with van der Waals surface area (Å²) in [7, 11) is 0. The van der Waals surface area contributed by atoms with Crippen LogP contribution in [0.2, 0.25) is 0 Å². The highest BCUT2D eigenvalue weighted by molar-refractivity contribution is 5.94. The summed E-state index contributed by atoms with van der Waals surface area (Å²) in [6.45, 7) is 4.61. The van der Waals surface area contributed by atoms with E-state index in [-0.39, 0.29) is 23.6 Å². The molecule has 30 heavy (non-hydrogen) atoms. The third kappa shape index (κ3) is 4.82. The summed E-state index contributed by atoms with van der Waals surface area (Å²) < 4.78 is 20.6. The molecule has 1 aliphatic rings. The zero-order chi connectivity index (χ0) is 20.9. The third-order valence-corrected chi connectivity index (χ3v) is 5.34. The quantitative estimate of drug-likeness (QED) is 0.599. The van der Waals surface area contributed by atoms with Gasteiger partial charge in [0.05, 0.1) is 13.2 Å². The van der Waals surface area contributed by atoms with E-state index in [1.807, 2.05) is 17.0 Å². The molecular formula is C22H24FN5O2. The molecule has 7 nitrogen and oxygen atoms in total. The lowest BCUT2D eigenvalue weighted by Crippen LogP contribution is -2.28. The third-order valence-electron chi connectivity index (χ3n) is 5.34. The van der Waals surface area contributed by atoms with E-state index >= 15 is 0 Å². The van der Waals surface area contributed by atoms with Gasteiger partial charge in [-0.1, -0.05) is 19.1 Å². The van der Waals surface area contributed by atoms with Crippen LogP contribution in [0.15, 0.2) is 54.9 Å². The smallest absolute Gasteiger partial charge is 0.253 e. The molecule has 1 saturated heterocycles. The highest BCUT2D eigenvalue weighted by Gasteiger charge is 2.28. The monoisotopic (exact) mass is 409 g/mol. The number of tetrazole rings is 1. The lowest BCUT2D eigenvalue weighted by atomic mass is 9.99. The molecule has 156 valence electrons. The van der Waals surface area contributed by atoms with Crippen molar-refractivity contribution in [3.63, 3.8) is 0 Å². The van der Waals surface area contributed by atoms with Crippen LogP contribution in [0.3, 0.4) is 0 Å². The van der Waals surface area contributed by atoms with Gasteiger partial charge in [0.15, 0.2) is 0 Å². The first-order chi connectivity index (χ1) is 14.6. The molecule has 1 aliphatic heterocycles. The Morgan fingerprint density at radius 3 is 2.67 bits per heavy atom. The average molecular weight is 409 g/mol. The predicted molar refractivity (Wildman–Crippen MR) is 109 cm³/mol. The first-order valence-corrected chi connectivity index (χ1v) is 10.1. The topological polar surface area (TPSA) is 73.1 Å². The maximum Gasteiger partial charge on any atom is 0.253 e. The average Bonchev–Trinajstić information content (AvgIpc) is 3.45. The molecule has 3 aromatic rings. The van der Waals surface area contributed by atoms with E-state index in [0.717, 1.165) is 17.7 Å². The van der Waals surface area contributed by atoms with Crippen LogP contribution in [0.1, 0.15) is 35.2 Å². The van der Waals surface area contributed by atoms with E-state index in [0.29, 0.717) is 31.8 Å². The Kier molecular flexibility index (Phi) is 6.02. The summed E-state index contributed by atoms with van der Waals surface area (Å²) >= 11 is 0. The van der Waals surface area contributed by atoms with Crippen molar-refractivity contribution in [3.8, 4) is 5.75 Å². The van der Waals surface area contributed by atoms with Crippen LogP contribution in [0, 0.1) is 11.7 Å². The number of nitrogens with zero attached hydrogens (tertiary/aromatic N) is 5. The molecule has 2 heterocycles. The molecule has 0 spiro atoms. The summed E-state index contributed by atoms with van der Waals surface area (Å²) in [5.41, 5.74) is 1.72. The molecule has 0 bridgehead atoms. The summed E-state index contributed by atoms with van der Waals surface area (Å²) in [5.74, 6) is 0.984. The molecular weight excluding hydrogens is 385 g/mol. The van der Waals surface area contributed by atoms with Crippen LogP contribution in [0.4, 0.5) is 4.39 Å². The first-order valence-electron chi connectivity index (χ1n) is 10.1. The Morgan fingerprint density at radius 1 is 1.20 bits per heavy atom. The van der Waals surface area contributed by atoms with Crippen LogP contribution in [-0.4, -0.2) is 50.7 Å². The minimum absolute atomic E-state index is 0.0122. The van der Waals surface area contributed by atoms with E-state index in [1.54, 1.807) is 35.3 Å². The van der Waals surface area contributed by atoms with Crippen LogP contribution in [0.25, 0.3) is 0 Å². The molecule has 1 unspecified atom stereocenters. The van der Waals surface area contributed by atoms with Crippen molar-refractivity contribution >= 4 is 5.91 Å². The fourth-order valence-corrected chi connectivity index (χ4v) is 3.70. The minimum atomic E-state index is -0.239. The second-order valence-electron chi connectivity index (χ2n) is 7.76. The van der Waals surface area contributed by atoms with Gasteiger partial charge in [0.2, 0.25) is 0 Å². The largest absolute Gasteiger partial charge is 0.493 e. The van der Waals surface area contributed by atoms with Gasteiger partial charge in [-0.3, -0.25) is 4.79 Å². The van der Waals surface area contributed by atoms with E-state index in [2.05, 4.69) is 22.4 Å². The molecule has 0 saturated carbocycles. The second kappa shape index (κ2) is 9.02. The standard InChI is InChI=1S/C22H24FN5O2/c1-16(12-28-15-24-25-26-28)14-30-21-8-4-18(5-9-21)22(29)27-11-10-19(13-27)17-2-6-20(23)7-3-17/h2-9,15-16,19H,10-14H2,1H3/t16?,19-/m0/s1. The van der Waals surface area contributed by atoms with Crippen molar-refractivity contribution in [1.82, 2.24) is 25.1 Å². The summed E-state index contributed by atoms with van der Waals surface area (Å²) in [6, 6.07) is 13.8. The van der Waals surface area contributed by atoms with E-state index in [1.165, 1.54) is 12.1 Å². The van der Waals surface area contributed by atoms with Crippen LogP contribution in [0.5, 0.6) is 5.75 Å². The molecule has 8 heteroatoms. The zero-order valence-electron chi connectivity index (χ0n) is 16.8. The highest BCUT2D eigenvalue weighted by Crippen LogP contribution is 2.28. The SMILES string of the molecule is CC(COc1ccc(C(=O)N2CC[C@H](c3ccc(F)cc3)C2)cc1)Cn1cnnn1. The van der Waals surface area contributed by atoms with Crippen LogP contribution in [-0.2, 0) is 6.54 Å². The highest BCUT2D eigenvalue weighted by atomic mass is 19.1. The summed E-state index contributed by atoms with van der Waals surface area (Å²) in [4.78, 5) is 14.7. The molecule has 4 rings (SSSR count). The van der Waals surface area contributed by atoms with Gasteiger partial charge in [-0.2, -0.15) is 0 Å². The summed E-state index contributed by atoms with van der Waals surface area (Å²) in [5, 5.41) is 11.1. The fraction of sp³-hybridized carbons (Fsp3) is 0.364. The summed E-state index contributed by atoms with van der Waals surface area (Å²) in [6.07, 6.45) is 2.47. The Labute approximate surface area is 174 Å². The lowest BCUT2D eigenvalue weighted by molar-refractivity contribution is 0.0790. The molecule has 2 aromatic carbocycles. The number of ether oxygens (including phenoxy) is 1. The molecule has 1 aromatic heterocycles. The normalized spacial score (nSPS) is 17.1. The van der Waals surface area contributed by atoms with Crippen molar-refractivity contribution in [3.05, 3.63) is 71.8 Å².